The molecule has 1 unspecified atom stereocenters. The summed E-state index contributed by atoms with van der Waals surface area (Å²) in [5, 5.41) is 0.696. The predicted molar refractivity (Wildman–Crippen MR) is 69.1 cm³/mol. The molecule has 2 heterocycles. The Kier molecular flexibility index (Phi) is 3.32. The first kappa shape index (κ1) is 12.3. The van der Waals surface area contributed by atoms with Gasteiger partial charge in [-0.15, -0.1) is 0 Å². The quantitative estimate of drug-likeness (QED) is 0.619. The van der Waals surface area contributed by atoms with E-state index in [9.17, 15) is 9.18 Å². The lowest BCUT2D eigenvalue weighted by Crippen LogP contribution is -2.17. The van der Waals surface area contributed by atoms with Crippen LogP contribution in [0.4, 0.5) is 4.39 Å². The van der Waals surface area contributed by atoms with E-state index < -0.39 is 17.8 Å². The maximum Gasteiger partial charge on any atom is 0.328 e. The van der Waals surface area contributed by atoms with Gasteiger partial charge in [-0.05, 0) is 29.5 Å². The van der Waals surface area contributed by atoms with Crippen LogP contribution in [-0.4, -0.2) is 22.6 Å². The van der Waals surface area contributed by atoms with Crippen LogP contribution in [0.3, 0.4) is 0 Å². The fourth-order valence-corrected chi connectivity index (χ4v) is 2.41. The lowest BCUT2D eigenvalue weighted by molar-refractivity contribution is -0.143. The lowest BCUT2D eigenvalue weighted by atomic mass is 10.3. The summed E-state index contributed by atoms with van der Waals surface area (Å²) in [6, 6.07) is -0.567. The molecule has 0 amide bonds. The molecule has 0 radical (unpaired) electrons. The normalized spacial score (nSPS) is 12.7. The fraction of sp³-hybridized carbons (Fsp3) is 0.273. The second-order valence-corrected chi connectivity index (χ2v) is 4.76. The zero-order valence-corrected chi connectivity index (χ0v) is 11.4. The van der Waals surface area contributed by atoms with E-state index in [2.05, 4.69) is 32.3 Å². The van der Waals surface area contributed by atoms with Gasteiger partial charge in [0.2, 0.25) is 0 Å². The minimum absolute atomic E-state index is 0.377. The SMILES string of the molecule is COC(=O)C(C)n1cc(I)c2cncc(F)c21. The number of rotatable bonds is 2. The largest absolute Gasteiger partial charge is 0.467 e. The zero-order valence-electron chi connectivity index (χ0n) is 9.28. The number of esters is 1. The Morgan fingerprint density at radius 2 is 2.29 bits per heavy atom. The number of fused-ring (bicyclic) bond motifs is 1. The van der Waals surface area contributed by atoms with Crippen LogP contribution in [-0.2, 0) is 9.53 Å². The van der Waals surface area contributed by atoms with E-state index in [1.807, 2.05) is 0 Å². The van der Waals surface area contributed by atoms with Crippen LogP contribution in [0.5, 0.6) is 0 Å². The van der Waals surface area contributed by atoms with Gasteiger partial charge < -0.3 is 9.30 Å². The van der Waals surface area contributed by atoms with E-state index in [0.717, 1.165) is 9.77 Å². The third kappa shape index (κ3) is 2.01. The molecular weight excluding hydrogens is 338 g/mol. The number of hydrogen-bond acceptors (Lipinski definition) is 3. The highest BCUT2D eigenvalue weighted by molar-refractivity contribution is 14.1. The number of carbonyl (C=O) groups is 1. The fourth-order valence-electron chi connectivity index (χ4n) is 1.71. The molecule has 0 aromatic carbocycles. The van der Waals surface area contributed by atoms with Crippen LogP contribution < -0.4 is 0 Å². The molecule has 90 valence electrons. The monoisotopic (exact) mass is 348 g/mol. The van der Waals surface area contributed by atoms with Crippen molar-refractivity contribution in [2.24, 2.45) is 0 Å². The maximum atomic E-state index is 13.7. The number of nitrogens with zero attached hydrogens (tertiary/aromatic N) is 2. The summed E-state index contributed by atoms with van der Waals surface area (Å²) in [5.74, 6) is -0.851. The van der Waals surface area contributed by atoms with Crippen molar-refractivity contribution in [3.63, 3.8) is 0 Å². The van der Waals surface area contributed by atoms with Gasteiger partial charge in [-0.1, -0.05) is 0 Å². The van der Waals surface area contributed by atoms with Gasteiger partial charge in [0.1, 0.15) is 6.04 Å². The van der Waals surface area contributed by atoms with E-state index >= 15 is 0 Å². The van der Waals surface area contributed by atoms with Crippen molar-refractivity contribution in [3.8, 4) is 0 Å². The van der Waals surface area contributed by atoms with Crippen LogP contribution in [0.1, 0.15) is 13.0 Å². The maximum absolute atomic E-state index is 13.7. The molecule has 0 saturated carbocycles. The number of carbonyl (C=O) groups excluding carboxylic acids is 1. The highest BCUT2D eigenvalue weighted by atomic mass is 127. The first-order valence-electron chi connectivity index (χ1n) is 4.93. The van der Waals surface area contributed by atoms with Gasteiger partial charge in [-0.2, -0.15) is 0 Å². The summed E-state index contributed by atoms with van der Waals surface area (Å²) < 4.78 is 20.8. The number of aromatic nitrogens is 2. The summed E-state index contributed by atoms with van der Waals surface area (Å²) in [6.07, 6.45) is 4.44. The van der Waals surface area contributed by atoms with Crippen LogP contribution in [0.2, 0.25) is 0 Å². The van der Waals surface area contributed by atoms with Gasteiger partial charge in [-0.25, -0.2) is 9.18 Å². The second-order valence-electron chi connectivity index (χ2n) is 3.60. The van der Waals surface area contributed by atoms with E-state index in [4.69, 9.17) is 0 Å². The molecule has 2 aromatic heterocycles. The van der Waals surface area contributed by atoms with Crippen molar-refractivity contribution in [1.82, 2.24) is 9.55 Å². The number of methoxy groups -OCH3 is 1. The smallest absolute Gasteiger partial charge is 0.328 e. The topological polar surface area (TPSA) is 44.1 Å². The number of halogens is 2. The molecular formula is C11H10FIN2O2. The molecule has 2 aromatic rings. The highest BCUT2D eigenvalue weighted by Gasteiger charge is 2.20. The Morgan fingerprint density at radius 1 is 1.59 bits per heavy atom. The molecule has 0 bridgehead atoms. The third-order valence-corrected chi connectivity index (χ3v) is 3.46. The zero-order chi connectivity index (χ0) is 12.6. The van der Waals surface area contributed by atoms with Crippen molar-refractivity contribution < 1.29 is 13.9 Å². The van der Waals surface area contributed by atoms with E-state index in [1.165, 1.54) is 7.11 Å². The van der Waals surface area contributed by atoms with Crippen LogP contribution in [0.15, 0.2) is 18.6 Å². The lowest BCUT2D eigenvalue weighted by Gasteiger charge is -2.12. The molecule has 0 aliphatic rings. The van der Waals surface area contributed by atoms with Crippen LogP contribution in [0, 0.1) is 9.39 Å². The van der Waals surface area contributed by atoms with Crippen LogP contribution in [0.25, 0.3) is 10.9 Å². The van der Waals surface area contributed by atoms with Gasteiger partial charge in [0.15, 0.2) is 5.82 Å². The first-order chi connectivity index (χ1) is 8.06. The standard InChI is InChI=1S/C11H10FIN2O2/c1-6(11(16)17-2)15-5-9(13)7-3-14-4-8(12)10(7)15/h3-6H,1-2H3. The first-order valence-corrected chi connectivity index (χ1v) is 6.01. The molecule has 0 N–H and O–H groups in total. The number of hydrogen-bond donors (Lipinski definition) is 0. The van der Waals surface area contributed by atoms with Gasteiger partial charge in [0.25, 0.3) is 0 Å². The highest BCUT2D eigenvalue weighted by Crippen LogP contribution is 2.27. The van der Waals surface area contributed by atoms with Crippen molar-refractivity contribution in [1.29, 1.82) is 0 Å². The number of pyridine rings is 1. The molecule has 6 heteroatoms. The van der Waals surface area contributed by atoms with Crippen LogP contribution >= 0.6 is 22.6 Å². The summed E-state index contributed by atoms with van der Waals surface area (Å²) >= 11 is 2.08. The summed E-state index contributed by atoms with van der Waals surface area (Å²) in [6.45, 7) is 1.67. The Bertz CT molecular complexity index is 582. The van der Waals surface area contributed by atoms with E-state index in [-0.39, 0.29) is 0 Å². The predicted octanol–water partition coefficient (Wildman–Crippen LogP) is 2.51. The molecule has 0 aliphatic heterocycles. The summed E-state index contributed by atoms with van der Waals surface area (Å²) in [5.41, 5.74) is 0.377. The van der Waals surface area contributed by atoms with E-state index in [1.54, 1.807) is 23.9 Å². The van der Waals surface area contributed by atoms with E-state index in [0.29, 0.717) is 10.9 Å². The van der Waals surface area contributed by atoms with Crippen molar-refractivity contribution in [2.45, 2.75) is 13.0 Å². The second kappa shape index (κ2) is 4.59. The van der Waals surface area contributed by atoms with Crippen molar-refractivity contribution in [3.05, 3.63) is 28.0 Å². The Labute approximate surface area is 111 Å². The Balaban J connectivity index is 2.66. The molecule has 2 rings (SSSR count). The third-order valence-electron chi connectivity index (χ3n) is 2.60. The van der Waals surface area contributed by atoms with Gasteiger partial charge in [0, 0.05) is 21.4 Å². The average molecular weight is 348 g/mol. The molecule has 1 atom stereocenters. The van der Waals surface area contributed by atoms with Gasteiger partial charge >= 0.3 is 5.97 Å². The molecule has 0 saturated heterocycles. The Morgan fingerprint density at radius 3 is 2.94 bits per heavy atom. The molecule has 0 aliphatic carbocycles. The molecule has 4 nitrogen and oxygen atoms in total. The molecule has 0 spiro atoms. The Hall–Kier alpha value is -1.18. The van der Waals surface area contributed by atoms with Crippen molar-refractivity contribution in [2.75, 3.05) is 7.11 Å². The summed E-state index contributed by atoms with van der Waals surface area (Å²) in [4.78, 5) is 15.3. The van der Waals surface area contributed by atoms with Crippen molar-refractivity contribution >= 4 is 39.5 Å². The summed E-state index contributed by atoms with van der Waals surface area (Å²) in [7, 11) is 1.31. The minimum atomic E-state index is -0.567. The van der Waals surface area contributed by atoms with Gasteiger partial charge in [0.05, 0.1) is 18.8 Å². The molecule has 0 fully saturated rings. The molecule has 17 heavy (non-hydrogen) atoms. The van der Waals surface area contributed by atoms with Gasteiger partial charge in [-0.3, -0.25) is 4.98 Å². The minimum Gasteiger partial charge on any atom is -0.467 e. The number of ether oxygens (including phenoxy) is 1. The average Bonchev–Trinajstić information content (AvgIpc) is 2.66.